The number of amides is 1. The molecule has 0 bridgehead atoms. The van der Waals surface area contributed by atoms with Gasteiger partial charge in [0.05, 0.1) is 18.8 Å². The molecule has 0 aromatic carbocycles. The molecule has 0 aromatic heterocycles. The summed E-state index contributed by atoms with van der Waals surface area (Å²) in [5, 5.41) is 23.1. The number of hydrogen-bond acceptors (Lipinski definition) is 3. The minimum atomic E-state index is -0.838. The van der Waals surface area contributed by atoms with Gasteiger partial charge in [0.25, 0.3) is 0 Å². The lowest BCUT2D eigenvalue weighted by molar-refractivity contribution is -0.123. The van der Waals surface area contributed by atoms with Crippen LogP contribution in [0, 0.1) is 0 Å². The largest absolute Gasteiger partial charge is 0.394 e. The molecule has 4 heteroatoms. The minimum absolute atomic E-state index is 0.0612. The molecule has 57 heavy (non-hydrogen) atoms. The third kappa shape index (κ3) is 45.5. The highest BCUT2D eigenvalue weighted by Crippen LogP contribution is 2.16. The normalized spacial score (nSPS) is 13.1. The van der Waals surface area contributed by atoms with E-state index in [1.54, 1.807) is 6.08 Å². The first-order valence-corrected chi connectivity index (χ1v) is 25.7. The van der Waals surface area contributed by atoms with Crippen molar-refractivity contribution < 1.29 is 15.0 Å². The Hall–Kier alpha value is -1.39. The molecule has 0 spiro atoms. The summed E-state index contributed by atoms with van der Waals surface area (Å²) in [6, 6.07) is -0.621. The smallest absolute Gasteiger partial charge is 0.220 e. The van der Waals surface area contributed by atoms with E-state index in [0.29, 0.717) is 6.42 Å². The summed E-state index contributed by atoms with van der Waals surface area (Å²) < 4.78 is 0. The van der Waals surface area contributed by atoms with Crippen molar-refractivity contribution in [1.82, 2.24) is 5.32 Å². The Labute approximate surface area is 357 Å². The second-order valence-electron chi connectivity index (χ2n) is 17.6. The van der Waals surface area contributed by atoms with Gasteiger partial charge in [-0.05, 0) is 51.4 Å². The van der Waals surface area contributed by atoms with E-state index in [1.165, 1.54) is 225 Å². The zero-order valence-electron chi connectivity index (χ0n) is 38.6. The SMILES string of the molecule is CCCCCCC/C=C\C/C=C\CCCCCCCCCCCCCCCCCC(=O)NC(CO)C(O)/C=C/CCCCCCCCCCCCCCCCCC. The molecule has 2 atom stereocenters. The number of aliphatic hydroxyl groups is 2. The fourth-order valence-corrected chi connectivity index (χ4v) is 7.92. The molecule has 0 fully saturated rings. The second-order valence-corrected chi connectivity index (χ2v) is 17.6. The highest BCUT2D eigenvalue weighted by molar-refractivity contribution is 5.76. The van der Waals surface area contributed by atoms with Gasteiger partial charge < -0.3 is 15.5 Å². The van der Waals surface area contributed by atoms with Gasteiger partial charge in [0.1, 0.15) is 0 Å². The molecule has 2 unspecified atom stereocenters. The monoisotopic (exact) mass is 800 g/mol. The van der Waals surface area contributed by atoms with Crippen molar-refractivity contribution in [2.75, 3.05) is 6.61 Å². The average molecular weight is 800 g/mol. The van der Waals surface area contributed by atoms with E-state index in [0.717, 1.165) is 32.1 Å². The molecule has 0 saturated carbocycles. The van der Waals surface area contributed by atoms with Crippen molar-refractivity contribution in [3.8, 4) is 0 Å². The van der Waals surface area contributed by atoms with Gasteiger partial charge in [-0.1, -0.05) is 256 Å². The maximum absolute atomic E-state index is 12.4. The third-order valence-electron chi connectivity index (χ3n) is 11.9. The van der Waals surface area contributed by atoms with Gasteiger partial charge in [-0.15, -0.1) is 0 Å². The van der Waals surface area contributed by atoms with E-state index in [-0.39, 0.29) is 12.5 Å². The molecular formula is C53H101NO3. The van der Waals surface area contributed by atoms with Gasteiger partial charge in [-0.3, -0.25) is 4.79 Å². The highest BCUT2D eigenvalue weighted by Gasteiger charge is 2.18. The zero-order chi connectivity index (χ0) is 41.4. The van der Waals surface area contributed by atoms with Crippen LogP contribution in [0.1, 0.15) is 277 Å². The molecule has 0 saturated heterocycles. The van der Waals surface area contributed by atoms with Crippen LogP contribution >= 0.6 is 0 Å². The lowest BCUT2D eigenvalue weighted by Crippen LogP contribution is -2.45. The number of carbonyl (C=O) groups is 1. The number of hydrogen-bond donors (Lipinski definition) is 3. The lowest BCUT2D eigenvalue weighted by Gasteiger charge is -2.20. The molecule has 3 N–H and O–H groups in total. The Kier molecular flexibility index (Phi) is 47.8. The second kappa shape index (κ2) is 49.0. The summed E-state index contributed by atoms with van der Waals surface area (Å²) in [5.41, 5.74) is 0. The van der Waals surface area contributed by atoms with Crippen LogP contribution in [0.3, 0.4) is 0 Å². The van der Waals surface area contributed by atoms with Crippen LogP contribution in [0.4, 0.5) is 0 Å². The first-order valence-electron chi connectivity index (χ1n) is 25.7. The summed E-state index contributed by atoms with van der Waals surface area (Å²) in [7, 11) is 0. The van der Waals surface area contributed by atoms with Crippen LogP contribution in [-0.2, 0) is 4.79 Å². The van der Waals surface area contributed by atoms with E-state index >= 15 is 0 Å². The van der Waals surface area contributed by atoms with Crippen LogP contribution in [0.2, 0.25) is 0 Å². The molecule has 1 amide bonds. The maximum atomic E-state index is 12.4. The number of allylic oxidation sites excluding steroid dienone is 5. The van der Waals surface area contributed by atoms with Crippen LogP contribution in [-0.4, -0.2) is 34.9 Å². The molecule has 0 radical (unpaired) electrons. The van der Waals surface area contributed by atoms with Crippen LogP contribution in [0.5, 0.6) is 0 Å². The van der Waals surface area contributed by atoms with E-state index in [1.807, 2.05) is 6.08 Å². The van der Waals surface area contributed by atoms with E-state index in [4.69, 9.17) is 0 Å². The Bertz CT molecular complexity index is 866. The first-order chi connectivity index (χ1) is 28.2. The van der Waals surface area contributed by atoms with Gasteiger partial charge in [-0.25, -0.2) is 0 Å². The molecule has 336 valence electrons. The number of unbranched alkanes of at least 4 members (excludes halogenated alkanes) is 36. The number of rotatable bonds is 47. The van der Waals surface area contributed by atoms with E-state index < -0.39 is 12.1 Å². The number of aliphatic hydroxyl groups excluding tert-OH is 2. The molecular weight excluding hydrogens is 699 g/mol. The summed E-state index contributed by atoms with van der Waals surface area (Å²) in [6.07, 6.45) is 65.6. The Balaban J connectivity index is 3.50. The zero-order valence-corrected chi connectivity index (χ0v) is 38.6. The highest BCUT2D eigenvalue weighted by atomic mass is 16.3. The van der Waals surface area contributed by atoms with Gasteiger partial charge in [0.15, 0.2) is 0 Å². The van der Waals surface area contributed by atoms with Gasteiger partial charge >= 0.3 is 0 Å². The predicted molar refractivity (Wildman–Crippen MR) is 253 cm³/mol. The van der Waals surface area contributed by atoms with Crippen LogP contribution in [0.15, 0.2) is 36.5 Å². The summed E-state index contributed by atoms with van der Waals surface area (Å²) >= 11 is 0. The predicted octanol–water partition coefficient (Wildman–Crippen LogP) is 16.5. The number of nitrogens with one attached hydrogen (secondary N) is 1. The van der Waals surface area contributed by atoms with Crippen molar-refractivity contribution >= 4 is 5.91 Å². The Morgan fingerprint density at radius 3 is 1.05 bits per heavy atom. The molecule has 0 heterocycles. The van der Waals surface area contributed by atoms with Crippen molar-refractivity contribution in [3.05, 3.63) is 36.5 Å². The standard InChI is InChI=1S/C53H101NO3/c1-3-5-7-9-11-13-15-17-19-21-23-24-25-26-27-28-29-30-31-33-35-37-39-41-43-45-47-49-53(57)54-51(50-55)52(56)48-46-44-42-40-38-36-34-32-22-20-18-16-14-12-10-8-6-4-2/h15,17,21,23,46,48,51-52,55-56H,3-14,16,18-20,22,24-45,47,49-50H2,1-2H3,(H,54,57)/b17-15-,23-21-,48-46+. The van der Waals surface area contributed by atoms with Gasteiger partial charge in [-0.2, -0.15) is 0 Å². The van der Waals surface area contributed by atoms with E-state index in [9.17, 15) is 15.0 Å². The fourth-order valence-electron chi connectivity index (χ4n) is 7.92. The Morgan fingerprint density at radius 2 is 0.719 bits per heavy atom. The lowest BCUT2D eigenvalue weighted by atomic mass is 10.0. The molecule has 0 aliphatic carbocycles. The first kappa shape index (κ1) is 55.6. The van der Waals surface area contributed by atoms with E-state index in [2.05, 4.69) is 43.5 Å². The minimum Gasteiger partial charge on any atom is -0.394 e. The summed E-state index contributed by atoms with van der Waals surface area (Å²) in [6.45, 7) is 4.32. The molecule has 0 rings (SSSR count). The fraction of sp³-hybridized carbons (Fsp3) is 0.868. The molecule has 0 aliphatic rings. The molecule has 4 nitrogen and oxygen atoms in total. The topological polar surface area (TPSA) is 69.6 Å². The summed E-state index contributed by atoms with van der Waals surface area (Å²) in [4.78, 5) is 12.4. The maximum Gasteiger partial charge on any atom is 0.220 e. The molecule has 0 aromatic rings. The molecule has 0 aliphatic heterocycles. The van der Waals surface area contributed by atoms with Crippen molar-refractivity contribution in [2.24, 2.45) is 0 Å². The van der Waals surface area contributed by atoms with Crippen LogP contribution < -0.4 is 5.32 Å². The van der Waals surface area contributed by atoms with Crippen molar-refractivity contribution in [1.29, 1.82) is 0 Å². The van der Waals surface area contributed by atoms with Gasteiger partial charge in [0, 0.05) is 6.42 Å². The Morgan fingerprint density at radius 1 is 0.421 bits per heavy atom. The van der Waals surface area contributed by atoms with Crippen LogP contribution in [0.25, 0.3) is 0 Å². The van der Waals surface area contributed by atoms with Crippen molar-refractivity contribution in [2.45, 2.75) is 289 Å². The quantitative estimate of drug-likeness (QED) is 0.0424. The summed E-state index contributed by atoms with van der Waals surface area (Å²) in [5.74, 6) is -0.0612. The third-order valence-corrected chi connectivity index (χ3v) is 11.9. The average Bonchev–Trinajstić information content (AvgIpc) is 3.22. The van der Waals surface area contributed by atoms with Gasteiger partial charge in [0.2, 0.25) is 5.91 Å². The number of carbonyl (C=O) groups excluding carboxylic acids is 1. The van der Waals surface area contributed by atoms with Crippen molar-refractivity contribution in [3.63, 3.8) is 0 Å².